The zero-order valence-corrected chi connectivity index (χ0v) is 21.1. The lowest BCUT2D eigenvalue weighted by Crippen LogP contribution is -2.35. The van der Waals surface area contributed by atoms with Crippen molar-refractivity contribution in [2.45, 2.75) is 51.2 Å². The summed E-state index contributed by atoms with van der Waals surface area (Å²) in [7, 11) is -2.46. The molecule has 1 aliphatic heterocycles. The van der Waals surface area contributed by atoms with Gasteiger partial charge in [-0.15, -0.1) is 10.2 Å². The molecule has 0 unspecified atom stereocenters. The molecule has 3 atom stereocenters. The normalized spacial score (nSPS) is 17.1. The third-order valence-corrected chi connectivity index (χ3v) is 7.19. The van der Waals surface area contributed by atoms with E-state index in [0.717, 1.165) is 5.56 Å². The van der Waals surface area contributed by atoms with Crippen LogP contribution >= 0.6 is 0 Å². The molecular formula is C22H29N7O5S. The van der Waals surface area contributed by atoms with Gasteiger partial charge in [-0.1, -0.05) is 0 Å². The maximum absolute atomic E-state index is 13.5. The van der Waals surface area contributed by atoms with Crippen molar-refractivity contribution < 1.29 is 22.6 Å². The number of hydrogen-bond donors (Lipinski definition) is 1. The van der Waals surface area contributed by atoms with E-state index in [1.807, 2.05) is 20.8 Å². The topological polar surface area (TPSA) is 143 Å². The van der Waals surface area contributed by atoms with Gasteiger partial charge in [0.1, 0.15) is 23.7 Å². The summed E-state index contributed by atoms with van der Waals surface area (Å²) in [5.41, 5.74) is 1.51. The standard InChI is InChI=1S/C22H29N7O5S/c1-13(2)34-19(20-24-8-14(3)9-25-20)15(4)35(30,31)28-22-27-26-21-17-6-7-23-10-18(17)33-12-16(11-32-5)29(21)22/h6-10,13,15-16,19H,11-12H2,1-5H3,(H,27,28)/t15-,16-,19+/m0/s1. The van der Waals surface area contributed by atoms with Gasteiger partial charge in [-0.3, -0.25) is 14.3 Å². The van der Waals surface area contributed by atoms with E-state index < -0.39 is 21.4 Å². The molecule has 3 aromatic rings. The predicted octanol–water partition coefficient (Wildman–Crippen LogP) is 2.31. The summed E-state index contributed by atoms with van der Waals surface area (Å²) >= 11 is 0. The van der Waals surface area contributed by atoms with Crippen molar-refractivity contribution in [2.75, 3.05) is 25.0 Å². The molecule has 0 bridgehead atoms. The minimum atomic E-state index is -4.02. The van der Waals surface area contributed by atoms with Crippen molar-refractivity contribution in [2.24, 2.45) is 0 Å². The Morgan fingerprint density at radius 2 is 1.94 bits per heavy atom. The number of aromatic nitrogens is 6. The van der Waals surface area contributed by atoms with Crippen molar-refractivity contribution in [1.82, 2.24) is 29.7 Å². The number of sulfonamides is 1. The summed E-state index contributed by atoms with van der Waals surface area (Å²) in [6, 6.07) is 1.36. The zero-order chi connectivity index (χ0) is 25.2. The average molecular weight is 504 g/mol. The van der Waals surface area contributed by atoms with Gasteiger partial charge >= 0.3 is 0 Å². The number of nitrogens with one attached hydrogen (secondary N) is 1. The fraction of sp³-hybridized carbons (Fsp3) is 0.500. The fourth-order valence-corrected chi connectivity index (χ4v) is 4.84. The quantitative estimate of drug-likeness (QED) is 0.462. The van der Waals surface area contributed by atoms with Crippen LogP contribution in [0.5, 0.6) is 5.75 Å². The van der Waals surface area contributed by atoms with Crippen LogP contribution in [0.3, 0.4) is 0 Å². The van der Waals surface area contributed by atoms with Crippen LogP contribution in [-0.2, 0) is 19.5 Å². The Labute approximate surface area is 204 Å². The number of aryl methyl sites for hydroxylation is 1. The van der Waals surface area contributed by atoms with E-state index in [1.165, 1.54) is 0 Å². The highest BCUT2D eigenvalue weighted by Gasteiger charge is 2.36. The van der Waals surface area contributed by atoms with E-state index in [-0.39, 0.29) is 37.1 Å². The van der Waals surface area contributed by atoms with Crippen LogP contribution in [0.1, 0.15) is 44.3 Å². The Kier molecular flexibility index (Phi) is 7.28. The van der Waals surface area contributed by atoms with Crippen LogP contribution in [0.2, 0.25) is 0 Å². The third kappa shape index (κ3) is 5.26. The first-order chi connectivity index (χ1) is 16.7. The molecule has 12 nitrogen and oxygen atoms in total. The Morgan fingerprint density at radius 1 is 1.20 bits per heavy atom. The number of rotatable bonds is 9. The van der Waals surface area contributed by atoms with Crippen LogP contribution in [0.25, 0.3) is 11.4 Å². The highest BCUT2D eigenvalue weighted by Crippen LogP contribution is 2.36. The van der Waals surface area contributed by atoms with Crippen LogP contribution in [0, 0.1) is 6.92 Å². The predicted molar refractivity (Wildman–Crippen MR) is 127 cm³/mol. The number of anilines is 1. The summed E-state index contributed by atoms with van der Waals surface area (Å²) < 4.78 is 48.6. The number of methoxy groups -OCH3 is 1. The molecular weight excluding hydrogens is 474 g/mol. The smallest absolute Gasteiger partial charge is 0.240 e. The molecule has 0 amide bonds. The highest BCUT2D eigenvalue weighted by molar-refractivity contribution is 7.93. The molecule has 0 radical (unpaired) electrons. The maximum Gasteiger partial charge on any atom is 0.240 e. The summed E-state index contributed by atoms with van der Waals surface area (Å²) in [6.07, 6.45) is 5.31. The molecule has 0 aromatic carbocycles. The van der Waals surface area contributed by atoms with Gasteiger partial charge in [0.2, 0.25) is 16.0 Å². The Hall–Kier alpha value is -3.16. The molecule has 35 heavy (non-hydrogen) atoms. The second-order valence-corrected chi connectivity index (χ2v) is 10.6. The van der Waals surface area contributed by atoms with Gasteiger partial charge in [-0.2, -0.15) is 0 Å². The van der Waals surface area contributed by atoms with Gasteiger partial charge in [0.05, 0.1) is 30.5 Å². The number of hydrogen-bond acceptors (Lipinski definition) is 10. The molecule has 3 aromatic heterocycles. The SMILES string of the molecule is COC[C@H]1COc2cnccc2-c2nnc(NS(=O)(=O)[C@@H](C)[C@@H](OC(C)C)c3ncc(C)cn3)n21. The van der Waals surface area contributed by atoms with E-state index in [1.54, 1.807) is 49.5 Å². The first-order valence-corrected chi connectivity index (χ1v) is 12.7. The third-order valence-electron chi connectivity index (χ3n) is 5.50. The molecule has 1 N–H and O–H groups in total. The molecule has 0 fully saturated rings. The maximum atomic E-state index is 13.5. The summed E-state index contributed by atoms with van der Waals surface area (Å²) in [6.45, 7) is 7.54. The second kappa shape index (κ2) is 10.2. The average Bonchev–Trinajstić information content (AvgIpc) is 3.15. The van der Waals surface area contributed by atoms with Crippen LogP contribution in [0.15, 0.2) is 30.9 Å². The molecule has 0 saturated heterocycles. The molecule has 13 heteroatoms. The molecule has 4 heterocycles. The molecule has 0 saturated carbocycles. The monoisotopic (exact) mass is 503 g/mol. The molecule has 0 spiro atoms. The first-order valence-electron chi connectivity index (χ1n) is 11.2. The van der Waals surface area contributed by atoms with E-state index in [0.29, 0.717) is 17.1 Å². The highest BCUT2D eigenvalue weighted by atomic mass is 32.2. The summed E-state index contributed by atoms with van der Waals surface area (Å²) in [5.74, 6) is 1.32. The number of pyridine rings is 1. The number of nitrogens with zero attached hydrogens (tertiary/aromatic N) is 6. The molecule has 1 aliphatic rings. The van der Waals surface area contributed by atoms with Crippen LogP contribution in [-0.4, -0.2) is 69.8 Å². The number of fused-ring (bicyclic) bond motifs is 3. The van der Waals surface area contributed by atoms with Gasteiger partial charge in [-0.25, -0.2) is 18.4 Å². The van der Waals surface area contributed by atoms with Gasteiger partial charge in [0, 0.05) is 25.7 Å². The lowest BCUT2D eigenvalue weighted by atomic mass is 10.2. The number of ether oxygens (including phenoxy) is 3. The molecule has 0 aliphatic carbocycles. The zero-order valence-electron chi connectivity index (χ0n) is 20.2. The van der Waals surface area contributed by atoms with Crippen molar-refractivity contribution in [3.8, 4) is 17.1 Å². The fourth-order valence-electron chi connectivity index (χ4n) is 3.75. The first kappa shape index (κ1) is 24.9. The minimum absolute atomic E-state index is 0.0512. The van der Waals surface area contributed by atoms with E-state index in [4.69, 9.17) is 14.2 Å². The summed E-state index contributed by atoms with van der Waals surface area (Å²) in [5, 5.41) is 7.38. The van der Waals surface area contributed by atoms with Gasteiger partial charge in [0.25, 0.3) is 0 Å². The van der Waals surface area contributed by atoms with E-state index >= 15 is 0 Å². The lowest BCUT2D eigenvalue weighted by Gasteiger charge is -2.26. The van der Waals surface area contributed by atoms with E-state index in [9.17, 15) is 8.42 Å². The van der Waals surface area contributed by atoms with Gasteiger partial charge < -0.3 is 14.2 Å². The Bertz CT molecular complexity index is 1260. The largest absolute Gasteiger partial charge is 0.489 e. The van der Waals surface area contributed by atoms with E-state index in [2.05, 4.69) is 29.9 Å². The van der Waals surface area contributed by atoms with Crippen molar-refractivity contribution >= 4 is 16.0 Å². The molecule has 188 valence electrons. The molecule has 4 rings (SSSR count). The minimum Gasteiger partial charge on any atom is -0.489 e. The second-order valence-electron chi connectivity index (χ2n) is 8.59. The van der Waals surface area contributed by atoms with Gasteiger partial charge in [0.15, 0.2) is 11.6 Å². The summed E-state index contributed by atoms with van der Waals surface area (Å²) in [4.78, 5) is 12.7. The van der Waals surface area contributed by atoms with Crippen LogP contribution in [0.4, 0.5) is 5.95 Å². The van der Waals surface area contributed by atoms with Crippen molar-refractivity contribution in [3.63, 3.8) is 0 Å². The van der Waals surface area contributed by atoms with Crippen LogP contribution < -0.4 is 9.46 Å². The lowest BCUT2D eigenvalue weighted by molar-refractivity contribution is 0.00152. The Morgan fingerprint density at radius 3 is 2.63 bits per heavy atom. The van der Waals surface area contributed by atoms with Gasteiger partial charge in [-0.05, 0) is 39.3 Å². The van der Waals surface area contributed by atoms with Crippen molar-refractivity contribution in [3.05, 3.63) is 42.2 Å². The van der Waals surface area contributed by atoms with Crippen molar-refractivity contribution in [1.29, 1.82) is 0 Å². The Balaban J connectivity index is 1.70.